The van der Waals surface area contributed by atoms with Crippen LogP contribution in [0.2, 0.25) is 0 Å². The Morgan fingerprint density at radius 2 is 2.15 bits per heavy atom. The summed E-state index contributed by atoms with van der Waals surface area (Å²) in [6, 6.07) is 10.5. The highest BCUT2D eigenvalue weighted by Crippen LogP contribution is 2.26. The third-order valence-corrected chi connectivity index (χ3v) is 6.39. The van der Waals surface area contributed by atoms with Crippen molar-refractivity contribution in [2.45, 2.75) is 38.0 Å². The zero-order valence-electron chi connectivity index (χ0n) is 15.4. The highest BCUT2D eigenvalue weighted by Gasteiger charge is 2.26. The molecule has 1 amide bonds. The molecule has 2 saturated heterocycles. The predicted molar refractivity (Wildman–Crippen MR) is 107 cm³/mol. The Bertz CT molecular complexity index is 551. The Balaban J connectivity index is 1.29. The maximum atomic E-state index is 12.2. The average Bonchev–Trinajstić information content (AvgIpc) is 3.28. The number of carbonyl (C=O) groups is 1. The zero-order chi connectivity index (χ0) is 18.2. The smallest absolute Gasteiger partial charge is 0.220 e. The molecule has 2 fully saturated rings. The van der Waals surface area contributed by atoms with Crippen LogP contribution in [0.3, 0.4) is 0 Å². The SMILES string of the molecule is O=C(C[C@@H]1CCSC1)N[C@@H]1CCN(C[C@H](O)CNCc2ccccc2)C1. The minimum atomic E-state index is -0.385. The van der Waals surface area contributed by atoms with E-state index in [9.17, 15) is 9.90 Å². The van der Waals surface area contributed by atoms with Gasteiger partial charge in [-0.2, -0.15) is 11.8 Å². The number of carbonyl (C=O) groups excluding carboxylic acids is 1. The molecule has 2 heterocycles. The van der Waals surface area contributed by atoms with Crippen molar-refractivity contribution in [1.82, 2.24) is 15.5 Å². The Morgan fingerprint density at radius 3 is 2.92 bits per heavy atom. The van der Waals surface area contributed by atoms with Crippen molar-refractivity contribution < 1.29 is 9.90 Å². The van der Waals surface area contributed by atoms with Crippen LogP contribution in [0.15, 0.2) is 30.3 Å². The molecule has 5 nitrogen and oxygen atoms in total. The molecule has 2 aliphatic rings. The fraction of sp³-hybridized carbons (Fsp3) is 0.650. The summed E-state index contributed by atoms with van der Waals surface area (Å²) in [4.78, 5) is 14.4. The molecular weight excluding hydrogens is 346 g/mol. The van der Waals surface area contributed by atoms with Gasteiger partial charge in [0.15, 0.2) is 0 Å². The monoisotopic (exact) mass is 377 g/mol. The summed E-state index contributed by atoms with van der Waals surface area (Å²) in [5.41, 5.74) is 1.23. The molecule has 0 bridgehead atoms. The number of thioether (sulfide) groups is 1. The first kappa shape index (κ1) is 19.7. The van der Waals surface area contributed by atoms with Gasteiger partial charge < -0.3 is 15.7 Å². The zero-order valence-corrected chi connectivity index (χ0v) is 16.2. The number of benzene rings is 1. The van der Waals surface area contributed by atoms with Gasteiger partial charge in [0.2, 0.25) is 5.91 Å². The average molecular weight is 378 g/mol. The Morgan fingerprint density at radius 1 is 1.31 bits per heavy atom. The minimum Gasteiger partial charge on any atom is -0.390 e. The summed E-state index contributed by atoms with van der Waals surface area (Å²) >= 11 is 1.96. The van der Waals surface area contributed by atoms with E-state index in [-0.39, 0.29) is 18.1 Å². The number of rotatable bonds is 9. The van der Waals surface area contributed by atoms with E-state index < -0.39 is 0 Å². The molecule has 26 heavy (non-hydrogen) atoms. The molecule has 2 aliphatic heterocycles. The number of aliphatic hydroxyl groups is 1. The molecule has 0 aliphatic carbocycles. The van der Waals surface area contributed by atoms with Gasteiger partial charge in [0, 0.05) is 45.2 Å². The highest BCUT2D eigenvalue weighted by molar-refractivity contribution is 7.99. The summed E-state index contributed by atoms with van der Waals surface area (Å²) in [5.74, 6) is 3.10. The van der Waals surface area contributed by atoms with Gasteiger partial charge in [-0.25, -0.2) is 0 Å². The van der Waals surface area contributed by atoms with Crippen LogP contribution in [-0.2, 0) is 11.3 Å². The molecule has 3 N–H and O–H groups in total. The van der Waals surface area contributed by atoms with Crippen LogP contribution < -0.4 is 10.6 Å². The van der Waals surface area contributed by atoms with Crippen LogP contribution in [0.5, 0.6) is 0 Å². The maximum Gasteiger partial charge on any atom is 0.220 e. The Hall–Kier alpha value is -1.08. The van der Waals surface area contributed by atoms with Crippen LogP contribution in [0, 0.1) is 5.92 Å². The van der Waals surface area contributed by atoms with Crippen molar-refractivity contribution in [2.24, 2.45) is 5.92 Å². The normalized spacial score (nSPS) is 24.7. The molecule has 0 aromatic heterocycles. The van der Waals surface area contributed by atoms with Crippen molar-refractivity contribution in [2.75, 3.05) is 37.7 Å². The molecular formula is C20H31N3O2S. The highest BCUT2D eigenvalue weighted by atomic mass is 32.2. The Labute approximate surface area is 160 Å². The second kappa shape index (κ2) is 10.3. The molecule has 1 aromatic carbocycles. The molecule has 0 saturated carbocycles. The van der Waals surface area contributed by atoms with Crippen LogP contribution in [0.4, 0.5) is 0 Å². The van der Waals surface area contributed by atoms with E-state index in [1.54, 1.807) is 0 Å². The minimum absolute atomic E-state index is 0.203. The van der Waals surface area contributed by atoms with Gasteiger partial charge in [0.1, 0.15) is 0 Å². The lowest BCUT2D eigenvalue weighted by molar-refractivity contribution is -0.122. The van der Waals surface area contributed by atoms with Gasteiger partial charge >= 0.3 is 0 Å². The van der Waals surface area contributed by atoms with Crippen LogP contribution >= 0.6 is 11.8 Å². The summed E-state index contributed by atoms with van der Waals surface area (Å²) in [7, 11) is 0. The lowest BCUT2D eigenvalue weighted by atomic mass is 10.0. The molecule has 6 heteroatoms. The van der Waals surface area contributed by atoms with E-state index in [0.717, 1.165) is 31.8 Å². The second-order valence-corrected chi connectivity index (χ2v) is 8.67. The van der Waals surface area contributed by atoms with Crippen molar-refractivity contribution in [3.05, 3.63) is 35.9 Å². The summed E-state index contributed by atoms with van der Waals surface area (Å²) in [6.07, 6.45) is 2.45. The van der Waals surface area contributed by atoms with Crippen LogP contribution in [-0.4, -0.2) is 65.7 Å². The van der Waals surface area contributed by atoms with Gasteiger partial charge in [0.05, 0.1) is 6.10 Å². The lowest BCUT2D eigenvalue weighted by Gasteiger charge is -2.21. The third kappa shape index (κ3) is 6.58. The van der Waals surface area contributed by atoms with E-state index >= 15 is 0 Å². The molecule has 0 unspecified atom stereocenters. The summed E-state index contributed by atoms with van der Waals surface area (Å²) in [5, 5.41) is 16.7. The first-order valence-electron chi connectivity index (χ1n) is 9.71. The van der Waals surface area contributed by atoms with Crippen molar-refractivity contribution in [3.63, 3.8) is 0 Å². The fourth-order valence-corrected chi connectivity index (χ4v) is 5.04. The van der Waals surface area contributed by atoms with Crippen LogP contribution in [0.25, 0.3) is 0 Å². The quantitative estimate of drug-likeness (QED) is 0.608. The third-order valence-electron chi connectivity index (χ3n) is 5.16. The van der Waals surface area contributed by atoms with Gasteiger partial charge in [-0.1, -0.05) is 30.3 Å². The fourth-order valence-electron chi connectivity index (χ4n) is 3.75. The molecule has 144 valence electrons. The van der Waals surface area contributed by atoms with Crippen molar-refractivity contribution >= 4 is 17.7 Å². The number of nitrogens with zero attached hydrogens (tertiary/aromatic N) is 1. The van der Waals surface area contributed by atoms with E-state index in [1.807, 2.05) is 30.0 Å². The first-order chi connectivity index (χ1) is 12.7. The second-order valence-electron chi connectivity index (χ2n) is 7.52. The van der Waals surface area contributed by atoms with Gasteiger partial charge in [-0.05, 0) is 35.8 Å². The van der Waals surface area contributed by atoms with Crippen molar-refractivity contribution in [3.8, 4) is 0 Å². The molecule has 3 atom stereocenters. The van der Waals surface area contributed by atoms with E-state index in [2.05, 4.69) is 27.7 Å². The molecule has 0 radical (unpaired) electrons. The maximum absolute atomic E-state index is 12.2. The van der Waals surface area contributed by atoms with Crippen molar-refractivity contribution in [1.29, 1.82) is 0 Å². The van der Waals surface area contributed by atoms with Gasteiger partial charge in [-0.3, -0.25) is 9.69 Å². The number of likely N-dealkylation sites (tertiary alicyclic amines) is 1. The lowest BCUT2D eigenvalue weighted by Crippen LogP contribution is -2.41. The molecule has 0 spiro atoms. The standard InChI is InChI=1S/C20H31N3O2S/c24-19(12-21-11-16-4-2-1-3-5-16)14-23-8-6-18(13-23)22-20(25)10-17-7-9-26-15-17/h1-5,17-19,21,24H,6-15H2,(H,22,25)/t17-,18+,19+/m0/s1. The molecule has 1 aromatic rings. The van der Waals surface area contributed by atoms with E-state index in [0.29, 0.717) is 25.4 Å². The predicted octanol–water partition coefficient (Wildman–Crippen LogP) is 1.47. The molecule has 3 rings (SSSR count). The number of hydrogen-bond donors (Lipinski definition) is 3. The summed E-state index contributed by atoms with van der Waals surface area (Å²) in [6.45, 7) is 3.81. The topological polar surface area (TPSA) is 64.6 Å². The van der Waals surface area contributed by atoms with Gasteiger partial charge in [-0.15, -0.1) is 0 Å². The number of hydrogen-bond acceptors (Lipinski definition) is 5. The van der Waals surface area contributed by atoms with E-state index in [1.165, 1.54) is 17.7 Å². The number of β-amino-alcohol motifs (C(OH)–C–C–N with tert-alkyl or cyclic N) is 1. The number of nitrogens with one attached hydrogen (secondary N) is 2. The van der Waals surface area contributed by atoms with Gasteiger partial charge in [0.25, 0.3) is 0 Å². The number of amides is 1. The first-order valence-corrected chi connectivity index (χ1v) is 10.9. The Kier molecular flexibility index (Phi) is 7.80. The van der Waals surface area contributed by atoms with Crippen LogP contribution in [0.1, 0.15) is 24.8 Å². The largest absolute Gasteiger partial charge is 0.390 e. The summed E-state index contributed by atoms with van der Waals surface area (Å²) < 4.78 is 0. The van der Waals surface area contributed by atoms with E-state index in [4.69, 9.17) is 0 Å². The number of aliphatic hydroxyl groups excluding tert-OH is 1.